The number of hydrogen-bond acceptors (Lipinski definition) is 4. The second-order valence-electron chi connectivity index (χ2n) is 4.51. The summed E-state index contributed by atoms with van der Waals surface area (Å²) in [6.07, 6.45) is 0. The van der Waals surface area contributed by atoms with Gasteiger partial charge in [-0.2, -0.15) is 0 Å². The third-order valence-corrected chi connectivity index (χ3v) is 3.33. The van der Waals surface area contributed by atoms with Crippen molar-refractivity contribution < 1.29 is 19.0 Å². The molecule has 0 saturated carbocycles. The second-order valence-corrected chi connectivity index (χ2v) is 5.38. The fraction of sp³-hybridized carbons (Fsp3) is 0.188. The van der Waals surface area contributed by atoms with Gasteiger partial charge in [0, 0.05) is 16.1 Å². The first kappa shape index (κ1) is 17.2. The molecule has 7 heteroatoms. The molecule has 0 spiro atoms. The fourth-order valence-corrected chi connectivity index (χ4v) is 2.35. The summed E-state index contributed by atoms with van der Waals surface area (Å²) in [6.45, 7) is -0.189. The molecule has 0 radical (unpaired) electrons. The Hall–Kier alpha value is -2.11. The van der Waals surface area contributed by atoms with E-state index in [-0.39, 0.29) is 12.5 Å². The number of carbonyl (C=O) groups excluding carboxylic acids is 1. The van der Waals surface area contributed by atoms with E-state index in [4.69, 9.17) is 37.4 Å². The Morgan fingerprint density at radius 3 is 2.30 bits per heavy atom. The average molecular weight is 356 g/mol. The van der Waals surface area contributed by atoms with Crippen molar-refractivity contribution in [2.75, 3.05) is 26.1 Å². The van der Waals surface area contributed by atoms with Crippen molar-refractivity contribution in [3.63, 3.8) is 0 Å². The topological polar surface area (TPSA) is 56.8 Å². The Labute approximate surface area is 144 Å². The van der Waals surface area contributed by atoms with Crippen LogP contribution in [0.1, 0.15) is 0 Å². The average Bonchev–Trinajstić information content (AvgIpc) is 2.52. The molecule has 2 aromatic rings. The molecule has 0 bridgehead atoms. The summed E-state index contributed by atoms with van der Waals surface area (Å²) >= 11 is 11.7. The smallest absolute Gasteiger partial charge is 0.262 e. The maximum absolute atomic E-state index is 12.0. The predicted octanol–water partition coefficient (Wildman–Crippen LogP) is 4.03. The lowest BCUT2D eigenvalue weighted by atomic mass is 10.2. The molecule has 122 valence electrons. The Morgan fingerprint density at radius 2 is 1.70 bits per heavy atom. The zero-order valence-corrected chi connectivity index (χ0v) is 14.1. The van der Waals surface area contributed by atoms with Gasteiger partial charge >= 0.3 is 0 Å². The number of ether oxygens (including phenoxy) is 3. The van der Waals surface area contributed by atoms with Gasteiger partial charge in [0.05, 0.1) is 19.9 Å². The molecule has 0 unspecified atom stereocenters. The Balaban J connectivity index is 1.99. The molecule has 5 nitrogen and oxygen atoms in total. The van der Waals surface area contributed by atoms with Crippen LogP contribution in [0, 0.1) is 0 Å². The Bertz CT molecular complexity index is 686. The molecule has 0 fully saturated rings. The van der Waals surface area contributed by atoms with E-state index in [9.17, 15) is 4.79 Å². The zero-order chi connectivity index (χ0) is 16.8. The molecule has 0 aliphatic heterocycles. The molecule has 1 amide bonds. The first-order valence-corrected chi connectivity index (χ1v) is 7.38. The van der Waals surface area contributed by atoms with E-state index in [1.165, 1.54) is 7.11 Å². The third kappa shape index (κ3) is 4.94. The number of rotatable bonds is 6. The normalized spacial score (nSPS) is 10.1. The van der Waals surface area contributed by atoms with E-state index in [1.807, 2.05) is 0 Å². The number of halogens is 2. The highest BCUT2D eigenvalue weighted by atomic mass is 35.5. The highest BCUT2D eigenvalue weighted by molar-refractivity contribution is 6.34. The summed E-state index contributed by atoms with van der Waals surface area (Å²) in [5.41, 5.74) is 0.519. The Kier molecular flexibility index (Phi) is 5.96. The first-order chi connectivity index (χ1) is 11.0. The van der Waals surface area contributed by atoms with Gasteiger partial charge in [-0.25, -0.2) is 0 Å². The minimum absolute atomic E-state index is 0.189. The molecule has 0 aliphatic carbocycles. The second kappa shape index (κ2) is 7.94. The van der Waals surface area contributed by atoms with Gasteiger partial charge in [0.15, 0.2) is 6.61 Å². The number of carbonyl (C=O) groups is 1. The van der Waals surface area contributed by atoms with Crippen LogP contribution in [-0.2, 0) is 4.79 Å². The van der Waals surface area contributed by atoms with Gasteiger partial charge < -0.3 is 19.5 Å². The number of methoxy groups -OCH3 is 2. The number of hydrogen-bond donors (Lipinski definition) is 1. The number of amides is 1. The van der Waals surface area contributed by atoms with E-state index in [1.54, 1.807) is 43.5 Å². The largest absolute Gasteiger partial charge is 0.497 e. The van der Waals surface area contributed by atoms with Crippen molar-refractivity contribution in [2.24, 2.45) is 0 Å². The van der Waals surface area contributed by atoms with Crippen molar-refractivity contribution in [3.05, 3.63) is 46.4 Å². The van der Waals surface area contributed by atoms with Gasteiger partial charge in [-0.05, 0) is 30.3 Å². The molecule has 0 saturated heterocycles. The summed E-state index contributed by atoms with van der Waals surface area (Å²) in [7, 11) is 3.06. The van der Waals surface area contributed by atoms with Crippen LogP contribution in [0.15, 0.2) is 36.4 Å². The predicted molar refractivity (Wildman–Crippen MR) is 90.1 cm³/mol. The molecule has 1 N–H and O–H groups in total. The summed E-state index contributed by atoms with van der Waals surface area (Å²) in [5, 5.41) is 3.57. The van der Waals surface area contributed by atoms with Crippen LogP contribution in [0.25, 0.3) is 0 Å². The summed E-state index contributed by atoms with van der Waals surface area (Å²) in [4.78, 5) is 12.0. The summed E-state index contributed by atoms with van der Waals surface area (Å²) in [6, 6.07) is 9.82. The summed E-state index contributed by atoms with van der Waals surface area (Å²) < 4.78 is 15.7. The van der Waals surface area contributed by atoms with Gasteiger partial charge in [-0.15, -0.1) is 0 Å². The van der Waals surface area contributed by atoms with Gasteiger partial charge in [0.1, 0.15) is 17.2 Å². The quantitative estimate of drug-likeness (QED) is 0.849. The van der Waals surface area contributed by atoms with E-state index < -0.39 is 0 Å². The molecule has 23 heavy (non-hydrogen) atoms. The van der Waals surface area contributed by atoms with Crippen LogP contribution in [0.3, 0.4) is 0 Å². The van der Waals surface area contributed by atoms with E-state index in [0.29, 0.717) is 33.0 Å². The lowest BCUT2D eigenvalue weighted by molar-refractivity contribution is -0.118. The SMILES string of the molecule is COc1ccc(NC(=O)COc2cc(Cl)cc(Cl)c2)c(OC)c1. The minimum atomic E-state index is -0.343. The van der Waals surface area contributed by atoms with Crippen LogP contribution in [0.4, 0.5) is 5.69 Å². The molecule has 0 aromatic heterocycles. The fourth-order valence-electron chi connectivity index (χ4n) is 1.85. The minimum Gasteiger partial charge on any atom is -0.497 e. The molecule has 0 aliphatic rings. The molecular weight excluding hydrogens is 341 g/mol. The van der Waals surface area contributed by atoms with Crippen molar-refractivity contribution >= 4 is 34.8 Å². The Morgan fingerprint density at radius 1 is 1.00 bits per heavy atom. The van der Waals surface area contributed by atoms with Crippen molar-refractivity contribution in [2.45, 2.75) is 0 Å². The van der Waals surface area contributed by atoms with Gasteiger partial charge in [-0.1, -0.05) is 23.2 Å². The monoisotopic (exact) mass is 355 g/mol. The van der Waals surface area contributed by atoms with Crippen LogP contribution in [0.2, 0.25) is 10.0 Å². The maximum atomic E-state index is 12.0. The zero-order valence-electron chi connectivity index (χ0n) is 12.6. The molecule has 2 rings (SSSR count). The first-order valence-electron chi connectivity index (χ1n) is 6.62. The number of anilines is 1. The molecular formula is C16H15Cl2NO4. The number of benzene rings is 2. The lowest BCUT2D eigenvalue weighted by Gasteiger charge is -2.12. The van der Waals surface area contributed by atoms with Crippen LogP contribution < -0.4 is 19.5 Å². The maximum Gasteiger partial charge on any atom is 0.262 e. The highest BCUT2D eigenvalue weighted by Crippen LogP contribution is 2.29. The molecule has 0 heterocycles. The van der Waals surface area contributed by atoms with Gasteiger partial charge in [0.2, 0.25) is 0 Å². The number of nitrogens with one attached hydrogen (secondary N) is 1. The molecule has 0 atom stereocenters. The highest BCUT2D eigenvalue weighted by Gasteiger charge is 2.10. The van der Waals surface area contributed by atoms with Crippen LogP contribution in [-0.4, -0.2) is 26.7 Å². The van der Waals surface area contributed by atoms with Gasteiger partial charge in [0.25, 0.3) is 5.91 Å². The summed E-state index contributed by atoms with van der Waals surface area (Å²) in [5.74, 6) is 1.19. The van der Waals surface area contributed by atoms with Crippen molar-refractivity contribution in [3.8, 4) is 17.2 Å². The third-order valence-electron chi connectivity index (χ3n) is 2.89. The van der Waals surface area contributed by atoms with Gasteiger partial charge in [-0.3, -0.25) is 4.79 Å². The molecule has 2 aromatic carbocycles. The van der Waals surface area contributed by atoms with Crippen molar-refractivity contribution in [1.29, 1.82) is 0 Å². The standard InChI is InChI=1S/C16H15Cl2NO4/c1-21-12-3-4-14(15(8-12)22-2)19-16(20)9-23-13-6-10(17)5-11(18)7-13/h3-8H,9H2,1-2H3,(H,19,20). The van der Waals surface area contributed by atoms with Crippen molar-refractivity contribution in [1.82, 2.24) is 0 Å². The van der Waals surface area contributed by atoms with E-state index >= 15 is 0 Å². The van der Waals surface area contributed by atoms with Crippen LogP contribution >= 0.6 is 23.2 Å². The van der Waals surface area contributed by atoms with E-state index in [0.717, 1.165) is 0 Å². The lowest BCUT2D eigenvalue weighted by Crippen LogP contribution is -2.20. The van der Waals surface area contributed by atoms with Crippen LogP contribution in [0.5, 0.6) is 17.2 Å². The van der Waals surface area contributed by atoms with E-state index in [2.05, 4.69) is 5.32 Å².